The molecule has 1 nitrogen and oxygen atoms in total. The van der Waals surface area contributed by atoms with E-state index in [1.54, 1.807) is 0 Å². The standard InChI is InChI=1S/C11H15N/c1-4-10-5-7-11(8-6-10)9(2)12-3/h5-8H,4H2,1-3H3. The number of aliphatic imine (C=N–C) groups is 1. The van der Waals surface area contributed by atoms with Crippen LogP contribution in [0, 0.1) is 0 Å². The van der Waals surface area contributed by atoms with Gasteiger partial charge in [-0.1, -0.05) is 31.2 Å². The number of hydrogen-bond acceptors (Lipinski definition) is 1. The second-order valence-corrected chi connectivity index (χ2v) is 2.86. The molecule has 1 rings (SSSR count). The summed E-state index contributed by atoms with van der Waals surface area (Å²) in [5.74, 6) is 0. The molecule has 0 radical (unpaired) electrons. The molecular weight excluding hydrogens is 146 g/mol. The third-order valence-corrected chi connectivity index (χ3v) is 2.12. The first-order chi connectivity index (χ1) is 5.77. The van der Waals surface area contributed by atoms with Crippen LogP contribution in [0.2, 0.25) is 0 Å². The average Bonchev–Trinajstić information content (AvgIpc) is 2.17. The lowest BCUT2D eigenvalue weighted by atomic mass is 10.1. The molecule has 0 bridgehead atoms. The molecule has 0 N–H and O–H groups in total. The van der Waals surface area contributed by atoms with Gasteiger partial charge in [-0.3, -0.25) is 4.99 Å². The van der Waals surface area contributed by atoms with Gasteiger partial charge >= 0.3 is 0 Å². The van der Waals surface area contributed by atoms with Gasteiger partial charge in [-0.15, -0.1) is 0 Å². The molecule has 0 aromatic heterocycles. The van der Waals surface area contributed by atoms with Crippen molar-refractivity contribution >= 4 is 5.71 Å². The van der Waals surface area contributed by atoms with E-state index in [0.29, 0.717) is 0 Å². The van der Waals surface area contributed by atoms with Crippen molar-refractivity contribution in [1.29, 1.82) is 0 Å². The van der Waals surface area contributed by atoms with Crippen molar-refractivity contribution in [2.45, 2.75) is 20.3 Å². The van der Waals surface area contributed by atoms with E-state index in [-0.39, 0.29) is 0 Å². The summed E-state index contributed by atoms with van der Waals surface area (Å²) in [4.78, 5) is 4.13. The van der Waals surface area contributed by atoms with Crippen LogP contribution in [0.3, 0.4) is 0 Å². The average molecular weight is 161 g/mol. The van der Waals surface area contributed by atoms with Crippen LogP contribution in [0.15, 0.2) is 29.3 Å². The molecule has 1 heteroatoms. The zero-order valence-electron chi connectivity index (χ0n) is 7.96. The molecule has 0 saturated heterocycles. The fourth-order valence-corrected chi connectivity index (χ4v) is 1.11. The zero-order chi connectivity index (χ0) is 8.97. The maximum absolute atomic E-state index is 4.13. The molecule has 0 fully saturated rings. The van der Waals surface area contributed by atoms with E-state index in [1.807, 2.05) is 14.0 Å². The van der Waals surface area contributed by atoms with Crippen molar-refractivity contribution in [3.63, 3.8) is 0 Å². The van der Waals surface area contributed by atoms with Gasteiger partial charge in [-0.05, 0) is 24.5 Å². The van der Waals surface area contributed by atoms with Gasteiger partial charge in [0, 0.05) is 12.8 Å². The van der Waals surface area contributed by atoms with E-state index in [4.69, 9.17) is 0 Å². The zero-order valence-corrected chi connectivity index (χ0v) is 7.96. The Hall–Kier alpha value is -1.11. The van der Waals surface area contributed by atoms with Crippen LogP contribution in [0.4, 0.5) is 0 Å². The highest BCUT2D eigenvalue weighted by molar-refractivity contribution is 5.98. The highest BCUT2D eigenvalue weighted by Crippen LogP contribution is 2.05. The minimum atomic E-state index is 1.10. The molecule has 12 heavy (non-hydrogen) atoms. The van der Waals surface area contributed by atoms with E-state index in [0.717, 1.165) is 12.1 Å². The molecule has 0 unspecified atom stereocenters. The van der Waals surface area contributed by atoms with Crippen LogP contribution in [-0.2, 0) is 6.42 Å². The molecule has 0 spiro atoms. The van der Waals surface area contributed by atoms with Crippen molar-refractivity contribution in [1.82, 2.24) is 0 Å². The van der Waals surface area contributed by atoms with Gasteiger partial charge in [0.25, 0.3) is 0 Å². The van der Waals surface area contributed by atoms with Crippen LogP contribution < -0.4 is 0 Å². The summed E-state index contributed by atoms with van der Waals surface area (Å²) in [6, 6.07) is 8.57. The van der Waals surface area contributed by atoms with Crippen molar-refractivity contribution < 1.29 is 0 Å². The Morgan fingerprint density at radius 2 is 1.83 bits per heavy atom. The lowest BCUT2D eigenvalue weighted by molar-refractivity contribution is 1.14. The van der Waals surface area contributed by atoms with Crippen LogP contribution in [-0.4, -0.2) is 12.8 Å². The van der Waals surface area contributed by atoms with Crippen LogP contribution in [0.5, 0.6) is 0 Å². The summed E-state index contributed by atoms with van der Waals surface area (Å²) in [5.41, 5.74) is 3.69. The predicted molar refractivity (Wildman–Crippen MR) is 54.0 cm³/mol. The Labute approximate surface area is 74.2 Å². The topological polar surface area (TPSA) is 12.4 Å². The first-order valence-corrected chi connectivity index (χ1v) is 4.30. The van der Waals surface area contributed by atoms with E-state index in [2.05, 4.69) is 36.2 Å². The highest BCUT2D eigenvalue weighted by atomic mass is 14.7. The van der Waals surface area contributed by atoms with Gasteiger partial charge in [-0.25, -0.2) is 0 Å². The van der Waals surface area contributed by atoms with Gasteiger partial charge in [0.05, 0.1) is 0 Å². The van der Waals surface area contributed by atoms with Crippen molar-refractivity contribution in [2.24, 2.45) is 4.99 Å². The van der Waals surface area contributed by atoms with Crippen LogP contribution in [0.1, 0.15) is 25.0 Å². The van der Waals surface area contributed by atoms with Gasteiger partial charge < -0.3 is 0 Å². The van der Waals surface area contributed by atoms with Gasteiger partial charge in [-0.2, -0.15) is 0 Å². The fraction of sp³-hybridized carbons (Fsp3) is 0.364. The third-order valence-electron chi connectivity index (χ3n) is 2.12. The van der Waals surface area contributed by atoms with E-state index in [9.17, 15) is 0 Å². The highest BCUT2D eigenvalue weighted by Gasteiger charge is 1.94. The predicted octanol–water partition coefficient (Wildman–Crippen LogP) is 2.69. The fourth-order valence-electron chi connectivity index (χ4n) is 1.11. The number of aryl methyl sites for hydroxylation is 1. The minimum Gasteiger partial charge on any atom is -0.293 e. The van der Waals surface area contributed by atoms with Gasteiger partial charge in [0.15, 0.2) is 0 Å². The second-order valence-electron chi connectivity index (χ2n) is 2.86. The minimum absolute atomic E-state index is 1.10. The van der Waals surface area contributed by atoms with Crippen LogP contribution >= 0.6 is 0 Å². The Kier molecular flexibility index (Phi) is 3.03. The Morgan fingerprint density at radius 1 is 1.25 bits per heavy atom. The second kappa shape index (κ2) is 4.05. The quantitative estimate of drug-likeness (QED) is 0.591. The molecule has 1 aromatic rings. The number of benzene rings is 1. The molecule has 0 atom stereocenters. The van der Waals surface area contributed by atoms with Gasteiger partial charge in [0.1, 0.15) is 0 Å². The number of rotatable bonds is 2. The monoisotopic (exact) mass is 161 g/mol. The molecule has 0 aliphatic heterocycles. The van der Waals surface area contributed by atoms with Gasteiger partial charge in [0.2, 0.25) is 0 Å². The van der Waals surface area contributed by atoms with Crippen LogP contribution in [0.25, 0.3) is 0 Å². The Morgan fingerprint density at radius 3 is 2.25 bits per heavy atom. The number of nitrogens with zero attached hydrogens (tertiary/aromatic N) is 1. The summed E-state index contributed by atoms with van der Waals surface area (Å²) in [6.45, 7) is 4.19. The van der Waals surface area contributed by atoms with Crippen molar-refractivity contribution in [2.75, 3.05) is 7.05 Å². The van der Waals surface area contributed by atoms with Crippen molar-refractivity contribution in [3.05, 3.63) is 35.4 Å². The molecule has 1 aromatic carbocycles. The van der Waals surface area contributed by atoms with E-state index in [1.165, 1.54) is 11.1 Å². The molecule has 0 saturated carbocycles. The lowest BCUT2D eigenvalue weighted by Gasteiger charge is -2.00. The number of hydrogen-bond donors (Lipinski definition) is 0. The van der Waals surface area contributed by atoms with E-state index >= 15 is 0 Å². The smallest absolute Gasteiger partial charge is 0.0386 e. The molecule has 0 heterocycles. The summed E-state index contributed by atoms with van der Waals surface area (Å²) in [5, 5.41) is 0. The molecule has 0 amide bonds. The first-order valence-electron chi connectivity index (χ1n) is 4.30. The Bertz CT molecular complexity index is 270. The summed E-state index contributed by atoms with van der Waals surface area (Å²) >= 11 is 0. The maximum Gasteiger partial charge on any atom is 0.0386 e. The summed E-state index contributed by atoms with van der Waals surface area (Å²) in [7, 11) is 1.82. The normalized spacial score (nSPS) is 11.8. The van der Waals surface area contributed by atoms with Crippen molar-refractivity contribution in [3.8, 4) is 0 Å². The summed E-state index contributed by atoms with van der Waals surface area (Å²) < 4.78 is 0. The largest absolute Gasteiger partial charge is 0.293 e. The van der Waals surface area contributed by atoms with E-state index < -0.39 is 0 Å². The summed E-state index contributed by atoms with van der Waals surface area (Å²) in [6.07, 6.45) is 1.10. The molecule has 64 valence electrons. The maximum atomic E-state index is 4.13. The molecule has 0 aliphatic rings. The first kappa shape index (κ1) is 8.98. The molecular formula is C11H15N. The molecule has 0 aliphatic carbocycles. The SMILES string of the molecule is CCc1ccc(C(C)=NC)cc1. The lowest BCUT2D eigenvalue weighted by Crippen LogP contribution is -1.93. The third kappa shape index (κ3) is 1.94. The Balaban J connectivity index is 2.92.